The van der Waals surface area contributed by atoms with Crippen LogP contribution in [0.15, 0.2) is 6.07 Å². The van der Waals surface area contributed by atoms with Crippen LogP contribution < -0.4 is 10.6 Å². The van der Waals surface area contributed by atoms with E-state index < -0.39 is 17.5 Å². The highest BCUT2D eigenvalue weighted by atomic mass is 19.4. The van der Waals surface area contributed by atoms with Crippen LogP contribution in [0.2, 0.25) is 0 Å². The van der Waals surface area contributed by atoms with E-state index >= 15 is 0 Å². The van der Waals surface area contributed by atoms with Gasteiger partial charge in [0.05, 0.1) is 0 Å². The lowest BCUT2D eigenvalue weighted by Crippen LogP contribution is -2.32. The van der Waals surface area contributed by atoms with Crippen molar-refractivity contribution in [2.24, 2.45) is 0 Å². The standard InChI is InChI=1S/C12H19F3N4O/c1-4-16-8-7-9(19-11(2,3)5-6-20)18-10(17-8)12(13,14)15/h7,20H,4-6H2,1-3H3,(H2,16,17,18,19). The summed E-state index contributed by atoms with van der Waals surface area (Å²) in [5.41, 5.74) is -0.574. The Morgan fingerprint density at radius 1 is 1.20 bits per heavy atom. The van der Waals surface area contributed by atoms with Gasteiger partial charge in [-0.3, -0.25) is 0 Å². The van der Waals surface area contributed by atoms with Crippen molar-refractivity contribution in [3.8, 4) is 0 Å². The first-order chi connectivity index (χ1) is 9.18. The SMILES string of the molecule is CCNc1cc(NC(C)(C)CCO)nc(C(F)(F)F)n1. The number of nitrogens with zero attached hydrogens (tertiary/aromatic N) is 2. The van der Waals surface area contributed by atoms with Gasteiger partial charge in [-0.25, -0.2) is 9.97 Å². The molecule has 114 valence electrons. The number of rotatable bonds is 6. The minimum atomic E-state index is -4.61. The van der Waals surface area contributed by atoms with E-state index in [4.69, 9.17) is 5.11 Å². The first-order valence-corrected chi connectivity index (χ1v) is 6.27. The number of aliphatic hydroxyl groups excluding tert-OH is 1. The molecule has 5 nitrogen and oxygen atoms in total. The topological polar surface area (TPSA) is 70.1 Å². The monoisotopic (exact) mass is 292 g/mol. The summed E-state index contributed by atoms with van der Waals surface area (Å²) in [6, 6.07) is 1.41. The first kappa shape index (κ1) is 16.5. The van der Waals surface area contributed by atoms with Gasteiger partial charge >= 0.3 is 6.18 Å². The molecule has 0 amide bonds. The molecule has 0 radical (unpaired) electrons. The molecule has 1 aromatic heterocycles. The fourth-order valence-electron chi connectivity index (χ4n) is 1.60. The van der Waals surface area contributed by atoms with Crippen molar-refractivity contribution in [1.82, 2.24) is 9.97 Å². The average molecular weight is 292 g/mol. The largest absolute Gasteiger partial charge is 0.451 e. The van der Waals surface area contributed by atoms with Crippen molar-refractivity contribution in [2.75, 3.05) is 23.8 Å². The maximum Gasteiger partial charge on any atom is 0.451 e. The zero-order valence-corrected chi connectivity index (χ0v) is 11.7. The molecule has 20 heavy (non-hydrogen) atoms. The molecule has 3 N–H and O–H groups in total. The number of aliphatic hydroxyl groups is 1. The first-order valence-electron chi connectivity index (χ1n) is 6.27. The molecule has 1 aromatic rings. The number of aromatic nitrogens is 2. The van der Waals surface area contributed by atoms with Crippen LogP contribution >= 0.6 is 0 Å². The minimum absolute atomic E-state index is 0.0710. The number of halogens is 3. The van der Waals surface area contributed by atoms with Gasteiger partial charge in [-0.15, -0.1) is 0 Å². The Hall–Kier alpha value is -1.57. The van der Waals surface area contributed by atoms with Crippen molar-refractivity contribution in [3.05, 3.63) is 11.9 Å². The number of hydrogen-bond acceptors (Lipinski definition) is 5. The molecule has 0 saturated carbocycles. The summed E-state index contributed by atoms with van der Waals surface area (Å²) in [7, 11) is 0. The van der Waals surface area contributed by atoms with Gasteiger partial charge in [-0.2, -0.15) is 13.2 Å². The molecule has 0 aromatic carbocycles. The summed E-state index contributed by atoms with van der Waals surface area (Å²) in [6.07, 6.45) is -4.22. The van der Waals surface area contributed by atoms with Gasteiger partial charge in [0, 0.05) is 24.8 Å². The molecule has 1 rings (SSSR count). The molecular formula is C12H19F3N4O. The van der Waals surface area contributed by atoms with E-state index in [9.17, 15) is 13.2 Å². The van der Waals surface area contributed by atoms with Gasteiger partial charge in [0.1, 0.15) is 11.6 Å². The molecule has 0 spiro atoms. The summed E-state index contributed by atoms with van der Waals surface area (Å²) < 4.78 is 38.2. The molecule has 0 unspecified atom stereocenters. The van der Waals surface area contributed by atoms with Gasteiger partial charge < -0.3 is 15.7 Å². The van der Waals surface area contributed by atoms with Crippen LogP contribution in [0.4, 0.5) is 24.8 Å². The van der Waals surface area contributed by atoms with Gasteiger partial charge in [0.25, 0.3) is 0 Å². The lowest BCUT2D eigenvalue weighted by atomic mass is 10.0. The predicted molar refractivity (Wildman–Crippen MR) is 70.6 cm³/mol. The second-order valence-electron chi connectivity index (χ2n) is 4.97. The third kappa shape index (κ3) is 4.84. The summed E-state index contributed by atoms with van der Waals surface area (Å²) in [4.78, 5) is 6.92. The fraction of sp³-hybridized carbons (Fsp3) is 0.667. The Morgan fingerprint density at radius 3 is 2.30 bits per heavy atom. The Bertz CT molecular complexity index is 449. The Morgan fingerprint density at radius 2 is 1.80 bits per heavy atom. The third-order valence-electron chi connectivity index (χ3n) is 2.54. The lowest BCUT2D eigenvalue weighted by molar-refractivity contribution is -0.144. The van der Waals surface area contributed by atoms with Gasteiger partial charge in [-0.05, 0) is 27.2 Å². The van der Waals surface area contributed by atoms with Crippen LogP contribution in [-0.4, -0.2) is 33.8 Å². The van der Waals surface area contributed by atoms with Crippen LogP contribution in [-0.2, 0) is 6.18 Å². The molecule has 0 saturated heterocycles. The minimum Gasteiger partial charge on any atom is -0.396 e. The Labute approximate surface area is 115 Å². The van der Waals surface area contributed by atoms with Crippen molar-refractivity contribution in [2.45, 2.75) is 38.9 Å². The predicted octanol–water partition coefficient (Wildman–Crippen LogP) is 2.50. The lowest BCUT2D eigenvalue weighted by Gasteiger charge is -2.26. The van der Waals surface area contributed by atoms with E-state index in [1.165, 1.54) is 6.07 Å². The zero-order chi connectivity index (χ0) is 15.4. The number of hydrogen-bond donors (Lipinski definition) is 3. The maximum atomic E-state index is 12.7. The summed E-state index contributed by atoms with van der Waals surface area (Å²) >= 11 is 0. The average Bonchev–Trinajstić information content (AvgIpc) is 2.26. The number of nitrogens with one attached hydrogen (secondary N) is 2. The van der Waals surface area contributed by atoms with E-state index in [0.29, 0.717) is 13.0 Å². The van der Waals surface area contributed by atoms with Crippen molar-refractivity contribution in [1.29, 1.82) is 0 Å². The highest BCUT2D eigenvalue weighted by Crippen LogP contribution is 2.29. The summed E-state index contributed by atoms with van der Waals surface area (Å²) in [5, 5.41) is 14.6. The Kier molecular flexibility index (Phi) is 5.15. The molecule has 1 heterocycles. The van der Waals surface area contributed by atoms with Gasteiger partial charge in [0.15, 0.2) is 0 Å². The molecule has 0 aliphatic rings. The molecule has 0 aliphatic heterocycles. The quantitative estimate of drug-likeness (QED) is 0.751. The summed E-state index contributed by atoms with van der Waals surface area (Å²) in [5.74, 6) is -1.02. The molecule has 0 atom stereocenters. The highest BCUT2D eigenvalue weighted by Gasteiger charge is 2.35. The molecule has 8 heteroatoms. The smallest absolute Gasteiger partial charge is 0.396 e. The molecular weight excluding hydrogens is 273 g/mol. The molecule has 0 bridgehead atoms. The number of anilines is 2. The number of alkyl halides is 3. The van der Waals surface area contributed by atoms with E-state index in [0.717, 1.165) is 0 Å². The maximum absolute atomic E-state index is 12.7. The molecule has 0 fully saturated rings. The van der Waals surface area contributed by atoms with Crippen LogP contribution in [0.5, 0.6) is 0 Å². The van der Waals surface area contributed by atoms with E-state index in [2.05, 4.69) is 20.6 Å². The van der Waals surface area contributed by atoms with Gasteiger partial charge in [0.2, 0.25) is 5.82 Å². The summed E-state index contributed by atoms with van der Waals surface area (Å²) in [6.45, 7) is 5.68. The van der Waals surface area contributed by atoms with Gasteiger partial charge in [-0.1, -0.05) is 0 Å². The second-order valence-corrected chi connectivity index (χ2v) is 4.97. The van der Waals surface area contributed by atoms with Crippen LogP contribution in [0, 0.1) is 0 Å². The Balaban J connectivity index is 3.09. The van der Waals surface area contributed by atoms with E-state index in [1.807, 2.05) is 0 Å². The van der Waals surface area contributed by atoms with Crippen molar-refractivity contribution >= 4 is 11.6 Å². The van der Waals surface area contributed by atoms with Crippen molar-refractivity contribution in [3.63, 3.8) is 0 Å². The van der Waals surface area contributed by atoms with Crippen LogP contribution in [0.3, 0.4) is 0 Å². The van der Waals surface area contributed by atoms with Crippen LogP contribution in [0.1, 0.15) is 33.0 Å². The zero-order valence-electron chi connectivity index (χ0n) is 11.7. The second kappa shape index (κ2) is 6.25. The van der Waals surface area contributed by atoms with Crippen molar-refractivity contribution < 1.29 is 18.3 Å². The highest BCUT2D eigenvalue weighted by molar-refractivity contribution is 5.49. The van der Waals surface area contributed by atoms with Crippen LogP contribution in [0.25, 0.3) is 0 Å². The third-order valence-corrected chi connectivity index (χ3v) is 2.54. The van der Waals surface area contributed by atoms with E-state index in [-0.39, 0.29) is 18.2 Å². The molecule has 0 aliphatic carbocycles. The fourth-order valence-corrected chi connectivity index (χ4v) is 1.60. The normalized spacial score (nSPS) is 12.3. The van der Waals surface area contributed by atoms with E-state index in [1.54, 1.807) is 20.8 Å².